The van der Waals surface area contributed by atoms with Crippen LogP contribution < -0.4 is 0 Å². The molecule has 35 heavy (non-hydrogen) atoms. The number of benzene rings is 2. The van der Waals surface area contributed by atoms with Gasteiger partial charge < -0.3 is 14.6 Å². The minimum Gasteiger partial charge on any atom is -0.508 e. The zero-order valence-electron chi connectivity index (χ0n) is 19.3. The Hall–Kier alpha value is -3.55. The average Bonchev–Trinajstić information content (AvgIpc) is 2.85. The van der Waals surface area contributed by atoms with Gasteiger partial charge in [0.2, 0.25) is 11.7 Å². The largest absolute Gasteiger partial charge is 0.508 e. The van der Waals surface area contributed by atoms with Crippen molar-refractivity contribution in [2.75, 3.05) is 6.61 Å². The van der Waals surface area contributed by atoms with Gasteiger partial charge >= 0.3 is 5.97 Å². The van der Waals surface area contributed by atoms with E-state index in [1.54, 1.807) is 6.92 Å². The smallest absolute Gasteiger partial charge is 0.314 e. The van der Waals surface area contributed by atoms with Crippen molar-refractivity contribution in [2.45, 2.75) is 38.5 Å². The van der Waals surface area contributed by atoms with E-state index >= 15 is 0 Å². The Morgan fingerprint density at radius 1 is 0.943 bits per heavy atom. The maximum Gasteiger partial charge on any atom is 0.314 e. The number of ether oxygens (including phenoxy) is 2. The summed E-state index contributed by atoms with van der Waals surface area (Å²) in [5, 5.41) is 9.39. The van der Waals surface area contributed by atoms with Gasteiger partial charge in [0.15, 0.2) is 23.2 Å². The Kier molecular flexibility index (Phi) is 8.38. The first-order chi connectivity index (χ1) is 16.6. The maximum atomic E-state index is 14.9. The second-order valence-corrected chi connectivity index (χ2v) is 8.25. The lowest BCUT2D eigenvalue weighted by atomic mass is 9.78. The molecule has 1 aliphatic carbocycles. The molecule has 0 saturated heterocycles. The normalized spacial score (nSPS) is 18.4. The topological polar surface area (TPSA) is 55.8 Å². The van der Waals surface area contributed by atoms with Crippen LogP contribution in [0.1, 0.15) is 44.1 Å². The van der Waals surface area contributed by atoms with Crippen molar-refractivity contribution in [3.05, 3.63) is 89.9 Å². The predicted molar refractivity (Wildman–Crippen MR) is 123 cm³/mol. The fourth-order valence-corrected chi connectivity index (χ4v) is 4.12. The molecule has 1 saturated carbocycles. The van der Waals surface area contributed by atoms with Crippen molar-refractivity contribution in [3.8, 4) is 16.9 Å². The monoisotopic (exact) mass is 490 g/mol. The van der Waals surface area contributed by atoms with Crippen molar-refractivity contribution in [1.82, 2.24) is 0 Å². The maximum absolute atomic E-state index is 14.9. The predicted octanol–water partition coefficient (Wildman–Crippen LogP) is 7.37. The lowest BCUT2D eigenvalue weighted by Gasteiger charge is -2.28. The Morgan fingerprint density at radius 2 is 1.54 bits per heavy atom. The molecule has 1 fully saturated rings. The van der Waals surface area contributed by atoms with Gasteiger partial charge in [0.05, 0.1) is 12.5 Å². The van der Waals surface area contributed by atoms with E-state index in [1.807, 2.05) is 0 Å². The van der Waals surface area contributed by atoms with Gasteiger partial charge in [-0.2, -0.15) is 8.78 Å². The van der Waals surface area contributed by atoms with Gasteiger partial charge in [0.25, 0.3) is 0 Å². The summed E-state index contributed by atoms with van der Waals surface area (Å²) in [7, 11) is 0. The van der Waals surface area contributed by atoms with E-state index in [1.165, 1.54) is 36.4 Å². The van der Waals surface area contributed by atoms with Crippen LogP contribution in [0.3, 0.4) is 0 Å². The quantitative estimate of drug-likeness (QED) is 0.182. The number of rotatable bonds is 8. The van der Waals surface area contributed by atoms with Gasteiger partial charge in [0.1, 0.15) is 5.75 Å². The van der Waals surface area contributed by atoms with E-state index in [2.05, 4.69) is 13.2 Å². The summed E-state index contributed by atoms with van der Waals surface area (Å²) in [5.74, 6) is -7.80. The van der Waals surface area contributed by atoms with Crippen LogP contribution in [-0.4, -0.2) is 17.7 Å². The SMILES string of the molecule is C=C(OCC)/C(F)=C(/F)C(=C)OC(=O)C1CCC(c2ccc(-c3ccc(O)cc3)c(F)c2F)CC1. The Balaban J connectivity index is 1.63. The second-order valence-electron chi connectivity index (χ2n) is 8.25. The van der Waals surface area contributed by atoms with Crippen LogP contribution in [0.5, 0.6) is 5.75 Å². The van der Waals surface area contributed by atoms with Crippen molar-refractivity contribution >= 4 is 5.97 Å². The van der Waals surface area contributed by atoms with Gasteiger partial charge in [-0.1, -0.05) is 37.4 Å². The van der Waals surface area contributed by atoms with E-state index in [0.717, 1.165) is 0 Å². The first kappa shape index (κ1) is 26.1. The molecule has 3 rings (SSSR count). The molecule has 0 radical (unpaired) electrons. The number of hydrogen-bond acceptors (Lipinski definition) is 4. The first-order valence-corrected chi connectivity index (χ1v) is 11.2. The molecule has 0 amide bonds. The summed E-state index contributed by atoms with van der Waals surface area (Å²) in [6, 6.07) is 8.79. The van der Waals surface area contributed by atoms with Crippen LogP contribution in [0.15, 0.2) is 72.7 Å². The van der Waals surface area contributed by atoms with Crippen LogP contribution >= 0.6 is 0 Å². The minimum atomic E-state index is -1.48. The average molecular weight is 490 g/mol. The van der Waals surface area contributed by atoms with E-state index in [9.17, 15) is 27.5 Å². The number of allylic oxidation sites excluding steroid dienone is 2. The number of aromatic hydroxyl groups is 1. The molecule has 0 heterocycles. The minimum absolute atomic E-state index is 0.0185. The van der Waals surface area contributed by atoms with Gasteiger partial charge in [0, 0.05) is 5.56 Å². The Bertz CT molecular complexity index is 1150. The highest BCUT2D eigenvalue weighted by Crippen LogP contribution is 2.40. The molecule has 0 bridgehead atoms. The summed E-state index contributed by atoms with van der Waals surface area (Å²) in [4.78, 5) is 12.4. The number of hydrogen-bond donors (Lipinski definition) is 1. The zero-order valence-corrected chi connectivity index (χ0v) is 19.3. The summed E-state index contributed by atoms with van der Waals surface area (Å²) >= 11 is 0. The van der Waals surface area contributed by atoms with Crippen LogP contribution in [0, 0.1) is 17.6 Å². The van der Waals surface area contributed by atoms with Crippen LogP contribution in [0.2, 0.25) is 0 Å². The molecule has 2 aromatic rings. The molecule has 0 spiro atoms. The number of carbonyl (C=O) groups is 1. The third kappa shape index (κ3) is 5.93. The highest BCUT2D eigenvalue weighted by atomic mass is 19.2. The van der Waals surface area contributed by atoms with Crippen molar-refractivity contribution in [3.63, 3.8) is 0 Å². The van der Waals surface area contributed by atoms with E-state index in [4.69, 9.17) is 9.47 Å². The fourth-order valence-electron chi connectivity index (χ4n) is 4.12. The van der Waals surface area contributed by atoms with E-state index in [0.29, 0.717) is 31.2 Å². The van der Waals surface area contributed by atoms with E-state index in [-0.39, 0.29) is 29.4 Å². The third-order valence-electron chi connectivity index (χ3n) is 6.02. The summed E-state index contributed by atoms with van der Waals surface area (Å²) in [5.41, 5.74) is 0.725. The second kappa shape index (κ2) is 11.3. The van der Waals surface area contributed by atoms with Crippen LogP contribution in [0.25, 0.3) is 11.1 Å². The molecule has 1 N–H and O–H groups in total. The Morgan fingerprint density at radius 3 is 2.14 bits per heavy atom. The van der Waals surface area contributed by atoms with Crippen molar-refractivity contribution < 1.29 is 36.9 Å². The van der Waals surface area contributed by atoms with E-state index < -0.39 is 46.7 Å². The molecule has 2 aromatic carbocycles. The number of esters is 1. The highest BCUT2D eigenvalue weighted by molar-refractivity contribution is 5.74. The molecule has 4 nitrogen and oxygen atoms in total. The molecule has 8 heteroatoms. The highest BCUT2D eigenvalue weighted by Gasteiger charge is 2.31. The molecule has 0 unspecified atom stereocenters. The molecule has 0 aromatic heterocycles. The lowest BCUT2D eigenvalue weighted by molar-refractivity contribution is -0.145. The number of carbonyl (C=O) groups excluding carboxylic acids is 1. The molecular weight excluding hydrogens is 464 g/mol. The van der Waals surface area contributed by atoms with Gasteiger partial charge in [-0.3, -0.25) is 4.79 Å². The summed E-state index contributed by atoms with van der Waals surface area (Å²) in [6.45, 7) is 8.16. The van der Waals surface area contributed by atoms with Gasteiger partial charge in [-0.05, 0) is 61.8 Å². The van der Waals surface area contributed by atoms with Gasteiger partial charge in [-0.25, -0.2) is 8.78 Å². The first-order valence-electron chi connectivity index (χ1n) is 11.2. The standard InChI is InChI=1S/C27H26F4O4/c1-4-34-15(2)23(28)24(29)16(3)35-27(33)19-7-5-17(6-8-19)21-13-14-22(26(31)25(21)30)18-9-11-20(32)12-10-18/h9-14,17,19,32H,2-8H2,1H3/b24-23-. The lowest BCUT2D eigenvalue weighted by Crippen LogP contribution is -2.23. The molecular formula is C27H26F4O4. The van der Waals surface area contributed by atoms with Crippen LogP contribution in [0.4, 0.5) is 17.6 Å². The van der Waals surface area contributed by atoms with Crippen molar-refractivity contribution in [2.24, 2.45) is 5.92 Å². The number of phenols is 1. The third-order valence-corrected chi connectivity index (χ3v) is 6.02. The Labute approximate surface area is 201 Å². The zero-order chi connectivity index (χ0) is 25.7. The number of phenolic OH excluding ortho intramolecular Hbond substituents is 1. The molecule has 1 aliphatic rings. The summed E-state index contributed by atoms with van der Waals surface area (Å²) in [6.07, 6.45) is 1.37. The fraction of sp³-hybridized carbons (Fsp3) is 0.296. The molecule has 0 atom stereocenters. The van der Waals surface area contributed by atoms with Crippen molar-refractivity contribution in [1.29, 1.82) is 0 Å². The summed E-state index contributed by atoms with van der Waals surface area (Å²) < 4.78 is 67.4. The molecule has 0 aliphatic heterocycles. The molecule has 186 valence electrons. The van der Waals surface area contributed by atoms with Crippen LogP contribution in [-0.2, 0) is 14.3 Å². The van der Waals surface area contributed by atoms with Gasteiger partial charge in [-0.15, -0.1) is 0 Å². The number of halogens is 4.